The highest BCUT2D eigenvalue weighted by atomic mass is 16.5. The van der Waals surface area contributed by atoms with E-state index in [9.17, 15) is 4.79 Å². The number of carbonyl (C=O) groups is 1. The van der Waals surface area contributed by atoms with Gasteiger partial charge in [0.05, 0.1) is 18.6 Å². The first-order valence-electron chi connectivity index (χ1n) is 8.61. The number of ether oxygens (including phenoxy) is 1. The van der Waals surface area contributed by atoms with Crippen LogP contribution >= 0.6 is 0 Å². The number of carbonyl (C=O) groups excluding carboxylic acids is 1. The van der Waals surface area contributed by atoms with Gasteiger partial charge in [-0.3, -0.25) is 0 Å². The highest BCUT2D eigenvalue weighted by molar-refractivity contribution is 5.99. The van der Waals surface area contributed by atoms with E-state index < -0.39 is 0 Å². The summed E-state index contributed by atoms with van der Waals surface area (Å²) in [6, 6.07) is 15.9. The van der Waals surface area contributed by atoms with Gasteiger partial charge < -0.3 is 30.4 Å². The standard InChI is InChI=1S/C20H19N5O3/c1-27-16-8-4-14(5-9-16)24-20(26)23-13-2-6-15(7-3-13)25-12-22-19-17(18(25)21)10-11-28-19/h2-11H,12,21H2,1H3,(H2,23,24,26). The van der Waals surface area contributed by atoms with Gasteiger partial charge in [-0.15, -0.1) is 0 Å². The van der Waals surface area contributed by atoms with E-state index in [2.05, 4.69) is 15.6 Å². The molecule has 0 saturated heterocycles. The van der Waals surface area contributed by atoms with Crippen LogP contribution in [0, 0.1) is 0 Å². The van der Waals surface area contributed by atoms with Gasteiger partial charge in [-0.25, -0.2) is 9.79 Å². The Kier molecular flexibility index (Phi) is 4.59. The molecule has 8 heteroatoms. The second kappa shape index (κ2) is 7.36. The Hall–Kier alpha value is -3.94. The van der Waals surface area contributed by atoms with Gasteiger partial charge in [0.25, 0.3) is 0 Å². The maximum atomic E-state index is 12.2. The van der Waals surface area contributed by atoms with Gasteiger partial charge in [-0.1, -0.05) is 0 Å². The van der Waals surface area contributed by atoms with E-state index in [1.165, 1.54) is 0 Å². The van der Waals surface area contributed by atoms with Crippen LogP contribution in [0.5, 0.6) is 5.75 Å². The average molecular weight is 377 g/mol. The Labute approximate surface area is 160 Å². The fraction of sp³-hybridized carbons (Fsp3) is 0.100. The summed E-state index contributed by atoms with van der Waals surface area (Å²) in [5.41, 5.74) is 8.97. The number of nitrogens with zero attached hydrogens (tertiary/aromatic N) is 2. The molecule has 1 aliphatic rings. The number of nitrogens with one attached hydrogen (secondary N) is 2. The van der Waals surface area contributed by atoms with Gasteiger partial charge in [-0.05, 0) is 54.6 Å². The Morgan fingerprint density at radius 2 is 1.71 bits per heavy atom. The minimum absolute atomic E-state index is 0.333. The number of hydrogen-bond donors (Lipinski definition) is 3. The molecule has 0 fully saturated rings. The van der Waals surface area contributed by atoms with Crippen LogP contribution in [0.1, 0.15) is 0 Å². The lowest BCUT2D eigenvalue weighted by Gasteiger charge is -2.24. The van der Waals surface area contributed by atoms with Crippen LogP contribution < -0.4 is 36.8 Å². The molecular weight excluding hydrogens is 358 g/mol. The normalized spacial score (nSPS) is 12.8. The van der Waals surface area contributed by atoms with Crippen molar-refractivity contribution in [1.29, 1.82) is 0 Å². The van der Waals surface area contributed by atoms with Gasteiger partial charge in [0.2, 0.25) is 5.55 Å². The lowest BCUT2D eigenvalue weighted by Crippen LogP contribution is -2.42. The number of fused-ring (bicyclic) bond motifs is 1. The Bertz CT molecular complexity index is 1100. The van der Waals surface area contributed by atoms with E-state index >= 15 is 0 Å². The highest BCUT2D eigenvalue weighted by Gasteiger charge is 2.15. The number of nitrogens with two attached hydrogens (primary N) is 1. The van der Waals surface area contributed by atoms with Crippen molar-refractivity contribution in [3.05, 3.63) is 71.6 Å². The lowest BCUT2D eigenvalue weighted by molar-refractivity contribution is 0.262. The van der Waals surface area contributed by atoms with Crippen molar-refractivity contribution in [2.45, 2.75) is 0 Å². The van der Waals surface area contributed by atoms with E-state index in [1.807, 2.05) is 17.0 Å². The van der Waals surface area contributed by atoms with Crippen molar-refractivity contribution >= 4 is 28.9 Å². The first-order valence-corrected chi connectivity index (χ1v) is 8.61. The molecule has 28 heavy (non-hydrogen) atoms. The number of amides is 2. The zero-order valence-electron chi connectivity index (χ0n) is 15.2. The van der Waals surface area contributed by atoms with Crippen molar-refractivity contribution in [3.8, 4) is 5.75 Å². The molecule has 1 aliphatic heterocycles. The van der Waals surface area contributed by atoms with Crippen molar-refractivity contribution < 1.29 is 13.9 Å². The molecule has 0 saturated carbocycles. The molecule has 0 radical (unpaired) electrons. The molecule has 0 unspecified atom stereocenters. The number of anilines is 3. The Balaban J connectivity index is 1.42. The maximum Gasteiger partial charge on any atom is 0.323 e. The van der Waals surface area contributed by atoms with E-state index in [0.29, 0.717) is 29.4 Å². The zero-order chi connectivity index (χ0) is 19.5. The Morgan fingerprint density at radius 1 is 1.07 bits per heavy atom. The monoisotopic (exact) mass is 377 g/mol. The Morgan fingerprint density at radius 3 is 2.36 bits per heavy atom. The number of hydrogen-bond acceptors (Lipinski definition) is 6. The van der Waals surface area contributed by atoms with Crippen LogP contribution in [-0.4, -0.2) is 19.8 Å². The second-order valence-electron chi connectivity index (χ2n) is 6.11. The molecular formula is C20H19N5O3. The van der Waals surface area contributed by atoms with Gasteiger partial charge >= 0.3 is 6.03 Å². The molecule has 2 aromatic carbocycles. The second-order valence-corrected chi connectivity index (χ2v) is 6.11. The smallest absolute Gasteiger partial charge is 0.323 e. The summed E-state index contributed by atoms with van der Waals surface area (Å²) >= 11 is 0. The molecule has 142 valence electrons. The van der Waals surface area contributed by atoms with Crippen LogP contribution in [0.15, 0.2) is 70.3 Å². The number of benzene rings is 2. The van der Waals surface area contributed by atoms with Crippen molar-refractivity contribution in [1.82, 2.24) is 0 Å². The van der Waals surface area contributed by atoms with E-state index in [1.54, 1.807) is 55.8 Å². The molecule has 3 aromatic rings. The van der Waals surface area contributed by atoms with Gasteiger partial charge in [0, 0.05) is 17.1 Å². The molecule has 0 atom stereocenters. The molecule has 4 N–H and O–H groups in total. The summed E-state index contributed by atoms with van der Waals surface area (Å²) in [5.74, 6) is 1.31. The fourth-order valence-electron chi connectivity index (χ4n) is 2.89. The van der Waals surface area contributed by atoms with Gasteiger partial charge in [-0.2, -0.15) is 0 Å². The molecule has 0 spiro atoms. The number of methoxy groups -OCH3 is 1. The largest absolute Gasteiger partial charge is 0.497 e. The predicted molar refractivity (Wildman–Crippen MR) is 107 cm³/mol. The molecule has 8 nitrogen and oxygen atoms in total. The summed E-state index contributed by atoms with van der Waals surface area (Å²) < 4.78 is 10.4. The van der Waals surface area contributed by atoms with Crippen LogP contribution in [0.4, 0.5) is 21.9 Å². The molecule has 2 amide bonds. The van der Waals surface area contributed by atoms with Gasteiger partial charge in [0.1, 0.15) is 18.2 Å². The number of furan rings is 1. The van der Waals surface area contributed by atoms with Crippen LogP contribution in [-0.2, 0) is 0 Å². The SMILES string of the molecule is COc1ccc(NC(=O)Nc2ccc(N3CN=c4occc4=C3N)cc2)cc1. The summed E-state index contributed by atoms with van der Waals surface area (Å²) in [7, 11) is 1.59. The third-order valence-corrected chi connectivity index (χ3v) is 4.35. The highest BCUT2D eigenvalue weighted by Crippen LogP contribution is 2.21. The van der Waals surface area contributed by atoms with Crippen LogP contribution in [0.3, 0.4) is 0 Å². The van der Waals surface area contributed by atoms with Crippen LogP contribution in [0.25, 0.3) is 5.82 Å². The summed E-state index contributed by atoms with van der Waals surface area (Å²) in [4.78, 5) is 18.4. The summed E-state index contributed by atoms with van der Waals surface area (Å²) in [6.45, 7) is 0.372. The van der Waals surface area contributed by atoms with E-state index in [4.69, 9.17) is 14.9 Å². The fourth-order valence-corrected chi connectivity index (χ4v) is 2.89. The predicted octanol–water partition coefficient (Wildman–Crippen LogP) is 2.05. The quantitative estimate of drug-likeness (QED) is 0.645. The van der Waals surface area contributed by atoms with E-state index in [-0.39, 0.29) is 6.03 Å². The number of urea groups is 1. The van der Waals surface area contributed by atoms with Crippen molar-refractivity contribution in [2.75, 3.05) is 29.3 Å². The third-order valence-electron chi connectivity index (χ3n) is 4.35. The third kappa shape index (κ3) is 3.48. The van der Waals surface area contributed by atoms with Crippen molar-refractivity contribution in [2.24, 2.45) is 10.7 Å². The molecule has 0 bridgehead atoms. The minimum atomic E-state index is -0.333. The van der Waals surface area contributed by atoms with Gasteiger partial charge in [0.15, 0.2) is 0 Å². The molecule has 0 aliphatic carbocycles. The zero-order valence-corrected chi connectivity index (χ0v) is 15.2. The molecule has 2 heterocycles. The molecule has 4 rings (SSSR count). The number of rotatable bonds is 4. The topological polar surface area (TPSA) is 105 Å². The minimum Gasteiger partial charge on any atom is -0.497 e. The van der Waals surface area contributed by atoms with E-state index in [0.717, 1.165) is 16.7 Å². The average Bonchev–Trinajstić information content (AvgIpc) is 3.19. The summed E-state index contributed by atoms with van der Waals surface area (Å²) in [5, 5.41) is 6.34. The molecule has 1 aromatic heterocycles. The first-order chi connectivity index (χ1) is 13.6. The first kappa shape index (κ1) is 17.5. The van der Waals surface area contributed by atoms with Crippen LogP contribution in [0.2, 0.25) is 0 Å². The lowest BCUT2D eigenvalue weighted by atomic mass is 10.2. The summed E-state index contributed by atoms with van der Waals surface area (Å²) in [6.07, 6.45) is 1.57. The maximum absolute atomic E-state index is 12.2. The van der Waals surface area contributed by atoms with Crippen molar-refractivity contribution in [3.63, 3.8) is 0 Å².